The maximum Gasteiger partial charge on any atom is 0.418 e. The first-order valence-electron chi connectivity index (χ1n) is 8.42. The molecule has 1 aromatic heterocycles. The SMILES string of the molecule is CN1c2c(cc(Nc3cccnc3Cl)cc2C(F)(F)F)[C@H]2CNCC[C@H]21. The highest BCUT2D eigenvalue weighted by molar-refractivity contribution is 6.32. The van der Waals surface area contributed by atoms with E-state index in [1.165, 1.54) is 6.20 Å². The van der Waals surface area contributed by atoms with Gasteiger partial charge in [0.2, 0.25) is 0 Å². The van der Waals surface area contributed by atoms with Crippen LogP contribution < -0.4 is 15.5 Å². The minimum Gasteiger partial charge on any atom is -0.370 e. The van der Waals surface area contributed by atoms with Gasteiger partial charge in [-0.2, -0.15) is 13.2 Å². The molecule has 2 N–H and O–H groups in total. The van der Waals surface area contributed by atoms with Crippen molar-refractivity contribution < 1.29 is 13.2 Å². The Kier molecular flexibility index (Phi) is 4.23. The maximum absolute atomic E-state index is 13.8. The summed E-state index contributed by atoms with van der Waals surface area (Å²) < 4.78 is 41.4. The summed E-state index contributed by atoms with van der Waals surface area (Å²) >= 11 is 6.04. The lowest BCUT2D eigenvalue weighted by Crippen LogP contribution is -2.42. The first kappa shape index (κ1) is 17.4. The molecule has 0 unspecified atom stereocenters. The molecule has 0 spiro atoms. The molecule has 1 fully saturated rings. The van der Waals surface area contributed by atoms with Crippen LogP contribution in [-0.4, -0.2) is 31.2 Å². The number of halogens is 4. The summed E-state index contributed by atoms with van der Waals surface area (Å²) in [5, 5.41) is 6.50. The van der Waals surface area contributed by atoms with Crippen LogP contribution in [-0.2, 0) is 6.18 Å². The molecule has 8 heteroatoms. The zero-order valence-corrected chi connectivity index (χ0v) is 14.8. The van der Waals surface area contributed by atoms with Crippen molar-refractivity contribution in [3.05, 3.63) is 46.7 Å². The van der Waals surface area contributed by atoms with E-state index in [4.69, 9.17) is 11.6 Å². The van der Waals surface area contributed by atoms with Gasteiger partial charge in [-0.1, -0.05) is 11.6 Å². The van der Waals surface area contributed by atoms with E-state index in [0.29, 0.717) is 23.6 Å². The van der Waals surface area contributed by atoms with E-state index >= 15 is 0 Å². The topological polar surface area (TPSA) is 40.2 Å². The Morgan fingerprint density at radius 1 is 1.35 bits per heavy atom. The van der Waals surface area contributed by atoms with Crippen molar-refractivity contribution in [2.75, 3.05) is 30.4 Å². The molecular formula is C18H18ClF3N4. The molecule has 2 aliphatic heterocycles. The maximum atomic E-state index is 13.8. The van der Waals surface area contributed by atoms with E-state index in [9.17, 15) is 13.2 Å². The number of anilines is 3. The molecule has 4 rings (SSSR count). The number of nitrogens with one attached hydrogen (secondary N) is 2. The van der Waals surface area contributed by atoms with Crippen molar-refractivity contribution in [2.24, 2.45) is 0 Å². The molecule has 4 nitrogen and oxygen atoms in total. The van der Waals surface area contributed by atoms with Crippen LogP contribution in [0.25, 0.3) is 0 Å². The highest BCUT2D eigenvalue weighted by atomic mass is 35.5. The lowest BCUT2D eigenvalue weighted by molar-refractivity contribution is -0.137. The summed E-state index contributed by atoms with van der Waals surface area (Å²) in [6.45, 7) is 1.49. The van der Waals surface area contributed by atoms with Crippen LogP contribution in [0, 0.1) is 0 Å². The summed E-state index contributed by atoms with van der Waals surface area (Å²) in [5.74, 6) is 0.0379. The van der Waals surface area contributed by atoms with Crippen LogP contribution in [0.5, 0.6) is 0 Å². The van der Waals surface area contributed by atoms with E-state index in [-0.39, 0.29) is 17.1 Å². The molecular weight excluding hydrogens is 365 g/mol. The second-order valence-corrected chi connectivity index (χ2v) is 7.06. The smallest absolute Gasteiger partial charge is 0.370 e. The van der Waals surface area contributed by atoms with Crippen LogP contribution >= 0.6 is 11.6 Å². The average molecular weight is 383 g/mol. The molecule has 26 heavy (non-hydrogen) atoms. The second kappa shape index (κ2) is 6.32. The molecule has 2 aliphatic rings. The van der Waals surface area contributed by atoms with E-state index in [0.717, 1.165) is 24.6 Å². The predicted octanol–water partition coefficient (Wildman–Crippen LogP) is 4.39. The molecule has 2 aromatic rings. The van der Waals surface area contributed by atoms with E-state index < -0.39 is 11.7 Å². The standard InChI is InChI=1S/C18H18ClF3N4/c1-26-15-4-6-23-9-12(15)11-7-10(8-13(16(11)26)18(20,21)22)25-14-3-2-5-24-17(14)19/h2-3,5,7-8,12,15,23,25H,4,6,9H2,1H3/t12-,15-/m1/s1. The third-order valence-corrected chi connectivity index (χ3v) is 5.48. The van der Waals surface area contributed by atoms with Crippen LogP contribution in [0.1, 0.15) is 23.5 Å². The van der Waals surface area contributed by atoms with Crippen molar-refractivity contribution in [3.63, 3.8) is 0 Å². The quantitative estimate of drug-likeness (QED) is 0.756. The Morgan fingerprint density at radius 2 is 2.15 bits per heavy atom. The van der Waals surface area contributed by atoms with E-state index in [1.807, 2.05) is 6.07 Å². The minimum atomic E-state index is -4.43. The van der Waals surface area contributed by atoms with Crippen molar-refractivity contribution in [3.8, 4) is 0 Å². The molecule has 0 radical (unpaired) electrons. The van der Waals surface area contributed by atoms with Gasteiger partial charge in [0, 0.05) is 37.4 Å². The number of hydrogen-bond acceptors (Lipinski definition) is 4. The van der Waals surface area contributed by atoms with Gasteiger partial charge in [0.1, 0.15) is 0 Å². The van der Waals surface area contributed by atoms with Gasteiger partial charge >= 0.3 is 6.18 Å². The number of rotatable bonds is 2. The first-order chi connectivity index (χ1) is 12.4. The van der Waals surface area contributed by atoms with Gasteiger partial charge in [0.25, 0.3) is 0 Å². The van der Waals surface area contributed by atoms with Gasteiger partial charge < -0.3 is 15.5 Å². The molecule has 0 aliphatic carbocycles. The number of piperidine rings is 1. The van der Waals surface area contributed by atoms with Gasteiger partial charge in [0.15, 0.2) is 5.15 Å². The number of aromatic nitrogens is 1. The minimum absolute atomic E-state index is 0.0379. The molecule has 0 bridgehead atoms. The highest BCUT2D eigenvalue weighted by Crippen LogP contribution is 2.50. The largest absolute Gasteiger partial charge is 0.418 e. The van der Waals surface area contributed by atoms with Crippen LogP contribution in [0.2, 0.25) is 5.15 Å². The third-order valence-electron chi connectivity index (χ3n) is 5.18. The Balaban J connectivity index is 1.82. The second-order valence-electron chi connectivity index (χ2n) is 6.70. The number of benzene rings is 1. The summed E-state index contributed by atoms with van der Waals surface area (Å²) in [6, 6.07) is 6.42. The zero-order chi connectivity index (χ0) is 18.5. The van der Waals surface area contributed by atoms with Crippen LogP contribution in [0.4, 0.5) is 30.2 Å². The molecule has 0 saturated carbocycles. The van der Waals surface area contributed by atoms with E-state index in [2.05, 4.69) is 15.6 Å². The summed E-state index contributed by atoms with van der Waals surface area (Å²) in [7, 11) is 1.76. The number of alkyl halides is 3. The van der Waals surface area contributed by atoms with Gasteiger partial charge in [-0.05, 0) is 42.8 Å². The van der Waals surface area contributed by atoms with Crippen molar-refractivity contribution in [1.29, 1.82) is 0 Å². The Labute approximate surface area is 154 Å². The predicted molar refractivity (Wildman–Crippen MR) is 96.4 cm³/mol. The molecule has 2 atom stereocenters. The highest BCUT2D eigenvalue weighted by Gasteiger charge is 2.45. The number of hydrogen-bond donors (Lipinski definition) is 2. The molecule has 3 heterocycles. The molecule has 0 amide bonds. The fourth-order valence-corrected chi connectivity index (χ4v) is 4.21. The Hall–Kier alpha value is -1.99. The number of pyridine rings is 1. The van der Waals surface area contributed by atoms with Gasteiger partial charge in [-0.3, -0.25) is 0 Å². The average Bonchev–Trinajstić information content (AvgIpc) is 2.89. The normalized spacial score (nSPS) is 22.1. The summed E-state index contributed by atoms with van der Waals surface area (Å²) in [4.78, 5) is 5.76. The van der Waals surface area contributed by atoms with Crippen molar-refractivity contribution >= 4 is 28.7 Å². The Morgan fingerprint density at radius 3 is 2.88 bits per heavy atom. The van der Waals surface area contributed by atoms with Gasteiger partial charge in [-0.25, -0.2) is 4.98 Å². The van der Waals surface area contributed by atoms with Crippen LogP contribution in [0.3, 0.4) is 0 Å². The fraction of sp³-hybridized carbons (Fsp3) is 0.389. The number of nitrogens with zero attached hydrogens (tertiary/aromatic N) is 2. The lowest BCUT2D eigenvalue weighted by Gasteiger charge is -2.31. The zero-order valence-electron chi connectivity index (χ0n) is 14.1. The number of fused-ring (bicyclic) bond motifs is 3. The molecule has 1 saturated heterocycles. The molecule has 138 valence electrons. The van der Waals surface area contributed by atoms with Crippen molar-refractivity contribution in [1.82, 2.24) is 10.3 Å². The first-order valence-corrected chi connectivity index (χ1v) is 8.80. The number of likely N-dealkylation sites (N-methyl/N-ethyl adjacent to an activating group) is 1. The monoisotopic (exact) mass is 382 g/mol. The van der Waals surface area contributed by atoms with Crippen LogP contribution in [0.15, 0.2) is 30.5 Å². The van der Waals surface area contributed by atoms with E-state index in [1.54, 1.807) is 24.1 Å². The van der Waals surface area contributed by atoms with Crippen molar-refractivity contribution in [2.45, 2.75) is 24.6 Å². The third kappa shape index (κ3) is 2.89. The van der Waals surface area contributed by atoms with Gasteiger partial charge in [-0.15, -0.1) is 0 Å². The van der Waals surface area contributed by atoms with Gasteiger partial charge in [0.05, 0.1) is 16.9 Å². The Bertz CT molecular complexity index is 840. The summed E-state index contributed by atoms with van der Waals surface area (Å²) in [6.07, 6.45) is -2.08. The fourth-order valence-electron chi connectivity index (χ4n) is 4.05. The lowest BCUT2D eigenvalue weighted by atomic mass is 9.89. The molecule has 1 aromatic carbocycles. The summed E-state index contributed by atoms with van der Waals surface area (Å²) in [5.41, 5.74) is 1.24.